The van der Waals surface area contributed by atoms with E-state index < -0.39 is 0 Å². The van der Waals surface area contributed by atoms with Crippen LogP contribution >= 0.6 is 0 Å². The van der Waals surface area contributed by atoms with E-state index in [1.165, 1.54) is 5.69 Å². The fraction of sp³-hybridized carbons (Fsp3) is 0.727. The largest absolute Gasteiger partial charge is 0.396 e. The maximum absolute atomic E-state index is 9.19. The van der Waals surface area contributed by atoms with Gasteiger partial charge in [0.05, 0.1) is 0 Å². The average molecular weight is 196 g/mol. The smallest absolute Gasteiger partial charge is 0.0492 e. The lowest BCUT2D eigenvalue weighted by Gasteiger charge is -2.22. The van der Waals surface area contributed by atoms with Crippen molar-refractivity contribution in [2.24, 2.45) is 5.41 Å². The molecule has 1 aromatic heterocycles. The number of rotatable bonds is 4. The van der Waals surface area contributed by atoms with Gasteiger partial charge in [-0.1, -0.05) is 13.8 Å². The van der Waals surface area contributed by atoms with E-state index in [4.69, 9.17) is 0 Å². The molecule has 0 radical (unpaired) electrons. The Morgan fingerprint density at radius 3 is 2.64 bits per heavy atom. The third-order valence-electron chi connectivity index (χ3n) is 2.33. The normalized spacial score (nSPS) is 12.4. The summed E-state index contributed by atoms with van der Waals surface area (Å²) in [7, 11) is 0. The van der Waals surface area contributed by atoms with Crippen molar-refractivity contribution in [2.45, 2.75) is 40.2 Å². The summed E-state index contributed by atoms with van der Waals surface area (Å²) in [5.41, 5.74) is 1.13. The van der Waals surface area contributed by atoms with Gasteiger partial charge in [-0.2, -0.15) is 5.10 Å². The molecule has 80 valence electrons. The zero-order valence-corrected chi connectivity index (χ0v) is 9.49. The number of nitrogens with zero attached hydrogens (tertiary/aromatic N) is 2. The second-order valence-electron chi connectivity index (χ2n) is 4.86. The Morgan fingerprint density at radius 2 is 2.14 bits per heavy atom. The molecule has 0 fully saturated rings. The highest BCUT2D eigenvalue weighted by Crippen LogP contribution is 2.22. The van der Waals surface area contributed by atoms with E-state index in [1.54, 1.807) is 0 Å². The lowest BCUT2D eigenvalue weighted by Crippen LogP contribution is -2.22. The predicted octanol–water partition coefficient (Wildman–Crippen LogP) is 2.02. The van der Waals surface area contributed by atoms with E-state index in [-0.39, 0.29) is 12.0 Å². The lowest BCUT2D eigenvalue weighted by atomic mass is 9.89. The first kappa shape index (κ1) is 11.2. The molecule has 0 atom stereocenters. The molecule has 1 N–H and O–H groups in total. The van der Waals surface area contributed by atoms with Crippen LogP contribution in [0.3, 0.4) is 0 Å². The minimum atomic E-state index is -0.0628. The van der Waals surface area contributed by atoms with Crippen molar-refractivity contribution in [3.63, 3.8) is 0 Å². The molecule has 0 amide bonds. The minimum Gasteiger partial charge on any atom is -0.396 e. The number of aliphatic hydroxyl groups is 1. The van der Waals surface area contributed by atoms with E-state index >= 15 is 0 Å². The molecule has 3 nitrogen and oxygen atoms in total. The van der Waals surface area contributed by atoms with Gasteiger partial charge in [0.2, 0.25) is 0 Å². The summed E-state index contributed by atoms with van der Waals surface area (Å²) in [6.07, 6.45) is 2.68. The second-order valence-corrected chi connectivity index (χ2v) is 4.86. The van der Waals surface area contributed by atoms with Gasteiger partial charge in [0.1, 0.15) is 0 Å². The Kier molecular flexibility index (Phi) is 3.32. The molecule has 0 unspecified atom stereocenters. The van der Waals surface area contributed by atoms with Gasteiger partial charge >= 0.3 is 0 Å². The standard InChI is InChI=1S/C11H20N2O/c1-9(2)13-10(5-6-12-13)7-11(3,4)8-14/h5-6,9,14H,7-8H2,1-4H3. The van der Waals surface area contributed by atoms with Crippen molar-refractivity contribution in [3.8, 4) is 0 Å². The molecule has 0 saturated carbocycles. The SMILES string of the molecule is CC(C)n1nccc1CC(C)(C)CO. The summed E-state index contributed by atoms with van der Waals surface area (Å²) in [5.74, 6) is 0. The van der Waals surface area contributed by atoms with Crippen LogP contribution in [0.15, 0.2) is 12.3 Å². The van der Waals surface area contributed by atoms with Crippen LogP contribution in [0.5, 0.6) is 0 Å². The van der Waals surface area contributed by atoms with Gasteiger partial charge < -0.3 is 5.11 Å². The van der Waals surface area contributed by atoms with Gasteiger partial charge in [-0.25, -0.2) is 0 Å². The highest BCUT2D eigenvalue weighted by Gasteiger charge is 2.19. The maximum atomic E-state index is 9.19. The van der Waals surface area contributed by atoms with E-state index in [2.05, 4.69) is 32.8 Å². The maximum Gasteiger partial charge on any atom is 0.0492 e. The molecule has 1 rings (SSSR count). The molecule has 14 heavy (non-hydrogen) atoms. The fourth-order valence-electron chi connectivity index (χ4n) is 1.49. The molecule has 0 spiro atoms. The first-order valence-electron chi connectivity index (χ1n) is 5.09. The van der Waals surface area contributed by atoms with E-state index in [0.29, 0.717) is 6.04 Å². The Bertz CT molecular complexity index is 289. The lowest BCUT2D eigenvalue weighted by molar-refractivity contribution is 0.156. The van der Waals surface area contributed by atoms with Gasteiger partial charge in [0.15, 0.2) is 0 Å². The van der Waals surface area contributed by atoms with Crippen molar-refractivity contribution in [2.75, 3.05) is 6.61 Å². The van der Waals surface area contributed by atoms with Crippen LogP contribution in [-0.2, 0) is 6.42 Å². The Morgan fingerprint density at radius 1 is 1.50 bits per heavy atom. The van der Waals surface area contributed by atoms with Crippen molar-refractivity contribution in [1.82, 2.24) is 9.78 Å². The molecule has 1 aromatic rings. The van der Waals surface area contributed by atoms with Gasteiger partial charge in [0.25, 0.3) is 0 Å². The molecule has 0 aliphatic carbocycles. The highest BCUT2D eigenvalue weighted by atomic mass is 16.3. The average Bonchev–Trinajstić information content (AvgIpc) is 2.51. The van der Waals surface area contributed by atoms with Crippen LogP contribution in [-0.4, -0.2) is 21.5 Å². The van der Waals surface area contributed by atoms with Crippen molar-refractivity contribution >= 4 is 0 Å². The van der Waals surface area contributed by atoms with Crippen LogP contribution in [0, 0.1) is 5.41 Å². The first-order valence-corrected chi connectivity index (χ1v) is 5.09. The number of aromatic nitrogens is 2. The topological polar surface area (TPSA) is 38.0 Å². The third kappa shape index (κ3) is 2.58. The first-order chi connectivity index (χ1) is 6.46. The molecule has 3 heteroatoms. The predicted molar refractivity (Wildman–Crippen MR) is 57.2 cm³/mol. The quantitative estimate of drug-likeness (QED) is 0.800. The second kappa shape index (κ2) is 4.13. The van der Waals surface area contributed by atoms with Gasteiger partial charge in [0, 0.05) is 24.5 Å². The molecule has 0 aliphatic heterocycles. The van der Waals surface area contributed by atoms with Crippen LogP contribution in [0.1, 0.15) is 39.4 Å². The van der Waals surface area contributed by atoms with Gasteiger partial charge in [-0.15, -0.1) is 0 Å². The fourth-order valence-corrected chi connectivity index (χ4v) is 1.49. The van der Waals surface area contributed by atoms with Crippen LogP contribution in [0.4, 0.5) is 0 Å². The zero-order valence-electron chi connectivity index (χ0n) is 9.49. The summed E-state index contributed by atoms with van der Waals surface area (Å²) in [4.78, 5) is 0. The van der Waals surface area contributed by atoms with Crippen molar-refractivity contribution in [3.05, 3.63) is 18.0 Å². The summed E-state index contributed by atoms with van der Waals surface area (Å²) in [6.45, 7) is 8.55. The molecular weight excluding hydrogens is 176 g/mol. The minimum absolute atomic E-state index is 0.0628. The number of hydrogen-bond acceptors (Lipinski definition) is 2. The molecule has 1 heterocycles. The monoisotopic (exact) mass is 196 g/mol. The van der Waals surface area contributed by atoms with Crippen LogP contribution in [0.25, 0.3) is 0 Å². The van der Waals surface area contributed by atoms with Gasteiger partial charge in [-0.3, -0.25) is 4.68 Å². The summed E-state index contributed by atoms with van der Waals surface area (Å²) < 4.78 is 2.01. The Labute approximate surface area is 85.8 Å². The third-order valence-corrected chi connectivity index (χ3v) is 2.33. The number of hydrogen-bond donors (Lipinski definition) is 1. The summed E-state index contributed by atoms with van der Waals surface area (Å²) >= 11 is 0. The number of aliphatic hydroxyl groups excluding tert-OH is 1. The highest BCUT2D eigenvalue weighted by molar-refractivity contribution is 5.04. The van der Waals surface area contributed by atoms with Gasteiger partial charge in [-0.05, 0) is 31.7 Å². The van der Waals surface area contributed by atoms with Crippen LogP contribution in [0.2, 0.25) is 0 Å². The molecule has 0 aliphatic rings. The van der Waals surface area contributed by atoms with E-state index in [1.807, 2.05) is 16.9 Å². The van der Waals surface area contributed by atoms with Crippen LogP contribution < -0.4 is 0 Å². The van der Waals surface area contributed by atoms with E-state index in [0.717, 1.165) is 6.42 Å². The Hall–Kier alpha value is -0.830. The summed E-state index contributed by atoms with van der Waals surface area (Å²) in [5, 5.41) is 13.5. The molecule has 0 bridgehead atoms. The van der Waals surface area contributed by atoms with Crippen molar-refractivity contribution < 1.29 is 5.11 Å². The van der Waals surface area contributed by atoms with E-state index in [9.17, 15) is 5.11 Å². The zero-order chi connectivity index (χ0) is 10.8. The summed E-state index contributed by atoms with van der Waals surface area (Å²) in [6, 6.07) is 2.41. The Balaban J connectivity index is 2.81. The molecule has 0 aromatic carbocycles. The van der Waals surface area contributed by atoms with Crippen molar-refractivity contribution in [1.29, 1.82) is 0 Å². The molecular formula is C11H20N2O. The molecule has 0 saturated heterocycles.